The molecule has 90 valence electrons. The third-order valence-electron chi connectivity index (χ3n) is 3.87. The van der Waals surface area contributed by atoms with E-state index in [2.05, 4.69) is 25.7 Å². The molecule has 0 saturated carbocycles. The van der Waals surface area contributed by atoms with E-state index in [1.165, 1.54) is 38.8 Å². The van der Waals surface area contributed by atoms with E-state index in [1.54, 1.807) is 0 Å². The molecule has 1 fully saturated rings. The lowest BCUT2D eigenvalue weighted by Crippen LogP contribution is -2.46. The summed E-state index contributed by atoms with van der Waals surface area (Å²) in [4.78, 5) is 2.68. The van der Waals surface area contributed by atoms with Crippen LogP contribution in [0.15, 0.2) is 0 Å². The van der Waals surface area contributed by atoms with Crippen molar-refractivity contribution in [1.82, 2.24) is 4.90 Å². The van der Waals surface area contributed by atoms with Crippen molar-refractivity contribution in [3.05, 3.63) is 0 Å². The minimum absolute atomic E-state index is 0.777. The van der Waals surface area contributed by atoms with Gasteiger partial charge >= 0.3 is 0 Å². The largest absolute Gasteiger partial charge is 0.330 e. The number of nitrogens with zero attached hydrogens (tertiary/aromatic N) is 1. The van der Waals surface area contributed by atoms with Gasteiger partial charge in [0, 0.05) is 12.6 Å². The highest BCUT2D eigenvalue weighted by atomic mass is 15.2. The normalized spacial score (nSPS) is 33.2. The number of rotatable bonds is 5. The second kappa shape index (κ2) is 6.49. The van der Waals surface area contributed by atoms with Crippen LogP contribution in [0.2, 0.25) is 0 Å². The van der Waals surface area contributed by atoms with E-state index in [4.69, 9.17) is 5.73 Å². The highest BCUT2D eigenvalue weighted by Gasteiger charge is 2.27. The number of hydrogen-bond acceptors (Lipinski definition) is 2. The van der Waals surface area contributed by atoms with Gasteiger partial charge in [-0.15, -0.1) is 0 Å². The molecule has 3 unspecified atom stereocenters. The van der Waals surface area contributed by atoms with Crippen LogP contribution in [-0.4, -0.2) is 30.6 Å². The minimum Gasteiger partial charge on any atom is -0.330 e. The van der Waals surface area contributed by atoms with Crippen LogP contribution in [0.25, 0.3) is 0 Å². The maximum atomic E-state index is 5.51. The Morgan fingerprint density at radius 2 is 1.87 bits per heavy atom. The molecule has 0 aromatic carbocycles. The zero-order chi connectivity index (χ0) is 11.3. The Kier molecular flexibility index (Phi) is 5.62. The van der Waals surface area contributed by atoms with E-state index >= 15 is 0 Å². The first kappa shape index (κ1) is 13.0. The highest BCUT2D eigenvalue weighted by Crippen LogP contribution is 2.26. The summed E-state index contributed by atoms with van der Waals surface area (Å²) in [6.45, 7) is 10.6. The predicted octanol–water partition coefficient (Wildman–Crippen LogP) is 2.48. The zero-order valence-corrected chi connectivity index (χ0v) is 10.7. The molecule has 0 aromatic rings. The van der Waals surface area contributed by atoms with Gasteiger partial charge in [0.05, 0.1) is 0 Å². The first-order valence-corrected chi connectivity index (χ1v) is 6.59. The average molecular weight is 212 g/mol. The molecule has 3 atom stereocenters. The van der Waals surface area contributed by atoms with Crippen LogP contribution in [0.3, 0.4) is 0 Å². The second-order valence-corrected chi connectivity index (χ2v) is 5.40. The maximum Gasteiger partial charge on any atom is 0.00927 e. The lowest BCUT2D eigenvalue weighted by Gasteiger charge is -2.41. The highest BCUT2D eigenvalue weighted by molar-refractivity contribution is 4.81. The van der Waals surface area contributed by atoms with Crippen molar-refractivity contribution in [1.29, 1.82) is 0 Å². The van der Waals surface area contributed by atoms with Crippen molar-refractivity contribution in [3.63, 3.8) is 0 Å². The Hall–Kier alpha value is -0.0800. The van der Waals surface area contributed by atoms with Gasteiger partial charge in [-0.1, -0.05) is 20.3 Å². The van der Waals surface area contributed by atoms with Crippen molar-refractivity contribution in [2.75, 3.05) is 19.6 Å². The van der Waals surface area contributed by atoms with E-state index in [-0.39, 0.29) is 0 Å². The van der Waals surface area contributed by atoms with E-state index in [9.17, 15) is 0 Å². The fourth-order valence-corrected chi connectivity index (χ4v) is 2.76. The molecule has 1 rings (SSSR count). The molecule has 1 saturated heterocycles. The molecule has 0 radical (unpaired) electrons. The maximum absolute atomic E-state index is 5.51. The summed E-state index contributed by atoms with van der Waals surface area (Å²) < 4.78 is 0. The summed E-state index contributed by atoms with van der Waals surface area (Å²) in [5.41, 5.74) is 5.51. The van der Waals surface area contributed by atoms with Gasteiger partial charge in [-0.25, -0.2) is 0 Å². The Morgan fingerprint density at radius 1 is 1.13 bits per heavy atom. The molecule has 0 aromatic heterocycles. The van der Waals surface area contributed by atoms with Crippen molar-refractivity contribution < 1.29 is 0 Å². The quantitative estimate of drug-likeness (QED) is 0.709. The number of piperidine rings is 1. The molecule has 0 spiro atoms. The topological polar surface area (TPSA) is 29.3 Å². The third kappa shape index (κ3) is 4.12. The van der Waals surface area contributed by atoms with Crippen molar-refractivity contribution >= 4 is 0 Å². The monoisotopic (exact) mass is 212 g/mol. The molecule has 1 aliphatic rings. The molecule has 2 N–H and O–H groups in total. The molecule has 2 heteroatoms. The van der Waals surface area contributed by atoms with Crippen LogP contribution in [0.4, 0.5) is 0 Å². The molecule has 1 aliphatic heterocycles. The van der Waals surface area contributed by atoms with Gasteiger partial charge in [0.2, 0.25) is 0 Å². The standard InChI is InChI=1S/C13H28N2/c1-11-9-12(2)13(3)15(10-11)8-6-4-5-7-14/h11-13H,4-10,14H2,1-3H3. The lowest BCUT2D eigenvalue weighted by molar-refractivity contribution is 0.0781. The smallest absolute Gasteiger partial charge is 0.00927 e. The molecular weight excluding hydrogens is 184 g/mol. The minimum atomic E-state index is 0.777. The predicted molar refractivity (Wildman–Crippen MR) is 66.9 cm³/mol. The fraction of sp³-hybridized carbons (Fsp3) is 1.00. The van der Waals surface area contributed by atoms with Crippen LogP contribution in [0, 0.1) is 11.8 Å². The summed E-state index contributed by atoms with van der Waals surface area (Å²) in [6, 6.07) is 0.777. The average Bonchev–Trinajstić information content (AvgIpc) is 2.19. The molecular formula is C13H28N2. The SMILES string of the molecule is CC1CC(C)C(C)N(CCCCCN)C1. The molecule has 2 nitrogen and oxygen atoms in total. The zero-order valence-electron chi connectivity index (χ0n) is 10.7. The molecule has 0 amide bonds. The van der Waals surface area contributed by atoms with Gasteiger partial charge in [-0.2, -0.15) is 0 Å². The van der Waals surface area contributed by atoms with Gasteiger partial charge in [-0.3, -0.25) is 0 Å². The van der Waals surface area contributed by atoms with Gasteiger partial charge in [-0.05, 0) is 51.1 Å². The number of nitrogens with two attached hydrogens (primary N) is 1. The van der Waals surface area contributed by atoms with Crippen LogP contribution < -0.4 is 5.73 Å². The first-order valence-electron chi connectivity index (χ1n) is 6.59. The Bertz CT molecular complexity index is 170. The summed E-state index contributed by atoms with van der Waals surface area (Å²) in [6.07, 6.45) is 5.21. The van der Waals surface area contributed by atoms with Crippen LogP contribution >= 0.6 is 0 Å². The van der Waals surface area contributed by atoms with Crippen molar-refractivity contribution in [2.24, 2.45) is 17.6 Å². The van der Waals surface area contributed by atoms with Gasteiger partial charge in [0.15, 0.2) is 0 Å². The van der Waals surface area contributed by atoms with Crippen molar-refractivity contribution in [2.45, 2.75) is 52.5 Å². The van der Waals surface area contributed by atoms with Crippen LogP contribution in [0.1, 0.15) is 46.5 Å². The summed E-state index contributed by atoms with van der Waals surface area (Å²) in [7, 11) is 0. The molecule has 0 bridgehead atoms. The molecule has 15 heavy (non-hydrogen) atoms. The van der Waals surface area contributed by atoms with Crippen molar-refractivity contribution in [3.8, 4) is 0 Å². The Labute approximate surface area is 95.2 Å². The molecule has 1 heterocycles. The lowest BCUT2D eigenvalue weighted by atomic mass is 9.86. The first-order chi connectivity index (χ1) is 7.15. The Balaban J connectivity index is 2.26. The van der Waals surface area contributed by atoms with Crippen LogP contribution in [-0.2, 0) is 0 Å². The second-order valence-electron chi connectivity index (χ2n) is 5.40. The number of unbranched alkanes of at least 4 members (excludes halogenated alkanes) is 2. The van der Waals surface area contributed by atoms with E-state index in [0.29, 0.717) is 0 Å². The third-order valence-corrected chi connectivity index (χ3v) is 3.87. The van der Waals surface area contributed by atoms with E-state index < -0.39 is 0 Å². The molecule has 0 aliphatic carbocycles. The van der Waals surface area contributed by atoms with E-state index in [0.717, 1.165) is 24.4 Å². The van der Waals surface area contributed by atoms with Gasteiger partial charge in [0.1, 0.15) is 0 Å². The summed E-state index contributed by atoms with van der Waals surface area (Å²) >= 11 is 0. The van der Waals surface area contributed by atoms with Gasteiger partial charge in [0.25, 0.3) is 0 Å². The summed E-state index contributed by atoms with van der Waals surface area (Å²) in [5, 5.41) is 0. The fourth-order valence-electron chi connectivity index (χ4n) is 2.76. The number of hydrogen-bond donors (Lipinski definition) is 1. The van der Waals surface area contributed by atoms with E-state index in [1.807, 2.05) is 0 Å². The summed E-state index contributed by atoms with van der Waals surface area (Å²) in [5.74, 6) is 1.74. The van der Waals surface area contributed by atoms with Crippen LogP contribution in [0.5, 0.6) is 0 Å². The van der Waals surface area contributed by atoms with Gasteiger partial charge < -0.3 is 10.6 Å². The number of likely N-dealkylation sites (tertiary alicyclic amines) is 1. The Morgan fingerprint density at radius 3 is 2.53 bits per heavy atom.